The average molecular weight is 419 g/mol. The number of hydrogen-bond donors (Lipinski definition) is 3. The van der Waals surface area contributed by atoms with E-state index in [1.807, 2.05) is 30.3 Å². The number of aromatic nitrogens is 2. The maximum atomic E-state index is 8.81. The molecule has 0 radical (unpaired) electrons. The first-order valence-electron chi connectivity index (χ1n) is 8.01. The van der Waals surface area contributed by atoms with Gasteiger partial charge in [-0.25, -0.2) is 9.97 Å². The summed E-state index contributed by atoms with van der Waals surface area (Å²) in [5, 5.41) is 15.4. The van der Waals surface area contributed by atoms with Crippen molar-refractivity contribution in [3.8, 4) is 10.6 Å². The van der Waals surface area contributed by atoms with Crippen LogP contribution in [0.2, 0.25) is 0 Å². The minimum Gasteiger partial charge on any atom is -0.396 e. The Morgan fingerprint density at radius 1 is 1.16 bits per heavy atom. The Morgan fingerprint density at radius 2 is 2.08 bits per heavy atom. The number of halogens is 1. The summed E-state index contributed by atoms with van der Waals surface area (Å²) >= 11 is 5.12. The molecule has 3 aromatic rings. The summed E-state index contributed by atoms with van der Waals surface area (Å²) in [4.78, 5) is 10.00. The molecule has 0 fully saturated rings. The molecule has 0 amide bonds. The predicted molar refractivity (Wildman–Crippen MR) is 106 cm³/mol. The van der Waals surface area contributed by atoms with Crippen molar-refractivity contribution in [2.75, 3.05) is 18.5 Å². The molecule has 0 aliphatic carbocycles. The van der Waals surface area contributed by atoms with Gasteiger partial charge in [-0.1, -0.05) is 12.1 Å². The van der Waals surface area contributed by atoms with Crippen molar-refractivity contribution in [1.82, 2.24) is 15.3 Å². The van der Waals surface area contributed by atoms with Crippen LogP contribution in [0.15, 0.2) is 52.4 Å². The third-order valence-electron chi connectivity index (χ3n) is 3.51. The molecule has 1 aromatic carbocycles. The van der Waals surface area contributed by atoms with Gasteiger partial charge in [0.2, 0.25) is 5.95 Å². The van der Waals surface area contributed by atoms with Crippen LogP contribution in [0.4, 0.5) is 11.6 Å². The van der Waals surface area contributed by atoms with Crippen LogP contribution in [0.1, 0.15) is 12.0 Å². The Labute approximate surface area is 159 Å². The van der Waals surface area contributed by atoms with Crippen LogP contribution in [0, 0.1) is 0 Å². The van der Waals surface area contributed by atoms with Crippen LogP contribution < -0.4 is 10.6 Å². The fourth-order valence-electron chi connectivity index (χ4n) is 2.33. The van der Waals surface area contributed by atoms with E-state index in [2.05, 4.69) is 48.7 Å². The first-order chi connectivity index (χ1) is 12.2. The zero-order valence-electron chi connectivity index (χ0n) is 13.6. The summed E-state index contributed by atoms with van der Waals surface area (Å²) in [6.45, 7) is 1.78. The molecule has 7 heteroatoms. The Bertz CT molecular complexity index is 824. The second-order valence-electron chi connectivity index (χ2n) is 5.45. The van der Waals surface area contributed by atoms with E-state index in [1.54, 1.807) is 17.5 Å². The zero-order chi connectivity index (χ0) is 17.5. The van der Waals surface area contributed by atoms with Gasteiger partial charge in [-0.05, 0) is 64.8 Å². The number of nitrogens with zero attached hydrogens (tertiary/aromatic N) is 2. The number of hydrogen-bond acceptors (Lipinski definition) is 6. The molecule has 0 saturated carbocycles. The fraction of sp³-hybridized carbons (Fsp3) is 0.222. The van der Waals surface area contributed by atoms with Gasteiger partial charge in [0, 0.05) is 25.0 Å². The van der Waals surface area contributed by atoms with Crippen molar-refractivity contribution in [2.45, 2.75) is 13.0 Å². The lowest BCUT2D eigenvalue weighted by Gasteiger charge is -2.09. The first-order valence-corrected chi connectivity index (χ1v) is 9.62. The number of nitrogens with one attached hydrogen (secondary N) is 2. The molecule has 130 valence electrons. The molecule has 2 heterocycles. The number of aliphatic hydroxyl groups excluding tert-OH is 1. The fourth-order valence-corrected chi connectivity index (χ4v) is 3.69. The number of thiophene rings is 1. The third kappa shape index (κ3) is 5.34. The van der Waals surface area contributed by atoms with Crippen LogP contribution in [-0.2, 0) is 6.54 Å². The van der Waals surface area contributed by atoms with Crippen LogP contribution in [0.3, 0.4) is 0 Å². The van der Waals surface area contributed by atoms with Gasteiger partial charge in [0.25, 0.3) is 0 Å². The minimum absolute atomic E-state index is 0.211. The SMILES string of the molecule is OCCCNCc1cccc(Nc2nccc(-c3ccc(Br)s3)n2)c1. The number of benzene rings is 1. The Kier molecular flexibility index (Phi) is 6.52. The topological polar surface area (TPSA) is 70.1 Å². The summed E-state index contributed by atoms with van der Waals surface area (Å²) in [5.41, 5.74) is 3.02. The highest BCUT2D eigenvalue weighted by Crippen LogP contribution is 2.30. The number of anilines is 2. The van der Waals surface area contributed by atoms with E-state index in [0.29, 0.717) is 5.95 Å². The summed E-state index contributed by atoms with van der Waals surface area (Å²) in [5.74, 6) is 0.576. The molecule has 25 heavy (non-hydrogen) atoms. The average Bonchev–Trinajstić information content (AvgIpc) is 3.06. The molecule has 0 atom stereocenters. The largest absolute Gasteiger partial charge is 0.396 e. The van der Waals surface area contributed by atoms with Gasteiger partial charge in [0.05, 0.1) is 14.4 Å². The molecule has 0 unspecified atom stereocenters. The second-order valence-corrected chi connectivity index (χ2v) is 7.91. The summed E-state index contributed by atoms with van der Waals surface area (Å²) in [6, 6.07) is 14.1. The quantitative estimate of drug-likeness (QED) is 0.478. The summed E-state index contributed by atoms with van der Waals surface area (Å²) in [6.07, 6.45) is 2.52. The Hall–Kier alpha value is -1.80. The first kappa shape index (κ1) is 18.0. The number of rotatable bonds is 8. The van der Waals surface area contributed by atoms with Gasteiger partial charge in [-0.3, -0.25) is 0 Å². The highest BCUT2D eigenvalue weighted by molar-refractivity contribution is 9.11. The molecular weight excluding hydrogens is 400 g/mol. The Morgan fingerprint density at radius 3 is 2.88 bits per heavy atom. The molecule has 3 N–H and O–H groups in total. The molecule has 2 aromatic heterocycles. The van der Waals surface area contributed by atoms with Gasteiger partial charge in [-0.2, -0.15) is 0 Å². The van der Waals surface area contributed by atoms with Gasteiger partial charge < -0.3 is 15.7 Å². The van der Waals surface area contributed by atoms with E-state index in [4.69, 9.17) is 5.11 Å². The molecule has 0 spiro atoms. The van der Waals surface area contributed by atoms with Gasteiger partial charge in [0.15, 0.2) is 0 Å². The van der Waals surface area contributed by atoms with Crippen molar-refractivity contribution in [2.24, 2.45) is 0 Å². The maximum absolute atomic E-state index is 8.81. The van der Waals surface area contributed by atoms with E-state index < -0.39 is 0 Å². The second kappa shape index (κ2) is 9.05. The van der Waals surface area contributed by atoms with E-state index in [9.17, 15) is 0 Å². The molecule has 5 nitrogen and oxygen atoms in total. The summed E-state index contributed by atoms with van der Waals surface area (Å²) in [7, 11) is 0. The van der Waals surface area contributed by atoms with E-state index in [0.717, 1.165) is 39.6 Å². The van der Waals surface area contributed by atoms with Gasteiger partial charge in [-0.15, -0.1) is 11.3 Å². The maximum Gasteiger partial charge on any atom is 0.227 e. The van der Waals surface area contributed by atoms with Crippen molar-refractivity contribution < 1.29 is 5.11 Å². The summed E-state index contributed by atoms with van der Waals surface area (Å²) < 4.78 is 1.08. The van der Waals surface area contributed by atoms with Crippen molar-refractivity contribution in [3.05, 3.63) is 58.0 Å². The van der Waals surface area contributed by atoms with Crippen LogP contribution in [0.5, 0.6) is 0 Å². The highest BCUT2D eigenvalue weighted by atomic mass is 79.9. The third-order valence-corrected chi connectivity index (χ3v) is 5.15. The Balaban J connectivity index is 1.68. The molecule has 0 saturated heterocycles. The monoisotopic (exact) mass is 418 g/mol. The van der Waals surface area contributed by atoms with Crippen LogP contribution >= 0.6 is 27.3 Å². The number of aliphatic hydroxyl groups is 1. The van der Waals surface area contributed by atoms with Crippen molar-refractivity contribution in [3.63, 3.8) is 0 Å². The smallest absolute Gasteiger partial charge is 0.227 e. The molecule has 3 rings (SSSR count). The zero-order valence-corrected chi connectivity index (χ0v) is 16.0. The molecule has 0 aliphatic heterocycles. The molecule has 0 aliphatic rings. The minimum atomic E-state index is 0.211. The van der Waals surface area contributed by atoms with E-state index >= 15 is 0 Å². The normalized spacial score (nSPS) is 10.8. The highest BCUT2D eigenvalue weighted by Gasteiger charge is 2.05. The van der Waals surface area contributed by atoms with Gasteiger partial charge >= 0.3 is 0 Å². The van der Waals surface area contributed by atoms with E-state index in [1.165, 1.54) is 5.56 Å². The predicted octanol–water partition coefficient (Wildman–Crippen LogP) is 4.18. The lowest BCUT2D eigenvalue weighted by atomic mass is 10.2. The van der Waals surface area contributed by atoms with Crippen molar-refractivity contribution >= 4 is 38.9 Å². The van der Waals surface area contributed by atoms with Gasteiger partial charge in [0.1, 0.15) is 0 Å². The van der Waals surface area contributed by atoms with Crippen LogP contribution in [0.25, 0.3) is 10.6 Å². The van der Waals surface area contributed by atoms with Crippen molar-refractivity contribution in [1.29, 1.82) is 0 Å². The lowest BCUT2D eigenvalue weighted by Crippen LogP contribution is -2.15. The van der Waals surface area contributed by atoms with E-state index in [-0.39, 0.29) is 6.61 Å². The van der Waals surface area contributed by atoms with Crippen LogP contribution in [-0.4, -0.2) is 28.2 Å². The lowest BCUT2D eigenvalue weighted by molar-refractivity contribution is 0.286. The standard InChI is InChI=1S/C18H19BrN4OS/c19-17-6-5-16(25-17)15-7-9-21-18(23-15)22-14-4-1-3-13(11-14)12-20-8-2-10-24/h1,3-7,9,11,20,24H,2,8,10,12H2,(H,21,22,23). The molecular formula is C18H19BrN4OS. The molecule has 0 bridgehead atoms.